The number of carbonyl (C=O) groups excluding carboxylic acids is 1. The number of nitrogens with one attached hydrogen (secondary N) is 1. The summed E-state index contributed by atoms with van der Waals surface area (Å²) < 4.78 is 44.4. The number of hydrogen-bond acceptors (Lipinski definition) is 4. The fourth-order valence-corrected chi connectivity index (χ4v) is 1.69. The third-order valence-electron chi connectivity index (χ3n) is 2.58. The van der Waals surface area contributed by atoms with Crippen molar-refractivity contribution in [2.45, 2.75) is 12.0 Å². The Hall–Kier alpha value is -2.32. The highest BCUT2D eigenvalue weighted by Gasteiger charge is 2.47. The Kier molecular flexibility index (Phi) is 3.05. The van der Waals surface area contributed by atoms with E-state index < -0.39 is 41.1 Å². The molecule has 1 aliphatic rings. The van der Waals surface area contributed by atoms with Crippen LogP contribution in [-0.4, -0.2) is 23.5 Å². The maximum atomic E-state index is 13.6. The summed E-state index contributed by atoms with van der Waals surface area (Å²) in [4.78, 5) is 20.5. The molecule has 1 fully saturated rings. The van der Waals surface area contributed by atoms with Crippen molar-refractivity contribution in [3.05, 3.63) is 39.7 Å². The zero-order chi connectivity index (χ0) is 14.2. The molecule has 2 rings (SSSR count). The van der Waals surface area contributed by atoms with Crippen LogP contribution in [0.5, 0.6) is 0 Å². The van der Waals surface area contributed by atoms with E-state index in [1.807, 2.05) is 5.32 Å². The van der Waals surface area contributed by atoms with Gasteiger partial charge >= 0.3 is 17.7 Å². The molecule has 6 nitrogen and oxygen atoms in total. The predicted molar refractivity (Wildman–Crippen MR) is 55.2 cm³/mol. The highest BCUT2D eigenvalue weighted by molar-refractivity contribution is 5.69. The number of nitrogens with zero attached hydrogens (tertiary/aromatic N) is 1. The van der Waals surface area contributed by atoms with Gasteiger partial charge in [0, 0.05) is 6.07 Å². The monoisotopic (exact) mass is 276 g/mol. The van der Waals surface area contributed by atoms with Crippen LogP contribution in [0.3, 0.4) is 0 Å². The molecule has 0 spiro atoms. The fourth-order valence-electron chi connectivity index (χ4n) is 1.69. The predicted octanol–water partition coefficient (Wildman–Crippen LogP) is 2.15. The molecule has 1 heterocycles. The van der Waals surface area contributed by atoms with Crippen LogP contribution in [-0.2, 0) is 4.74 Å². The Bertz CT molecular complexity index is 550. The lowest BCUT2D eigenvalue weighted by Crippen LogP contribution is -2.49. The summed E-state index contributed by atoms with van der Waals surface area (Å²) in [5, 5.41) is 12.4. The number of halogens is 3. The number of ether oxygens (including phenoxy) is 1. The Morgan fingerprint density at radius 2 is 2.16 bits per heavy atom. The number of benzene rings is 1. The van der Waals surface area contributed by atoms with Gasteiger partial charge in [-0.15, -0.1) is 0 Å². The number of alkyl carbamates (subject to hydrolysis) is 1. The van der Waals surface area contributed by atoms with E-state index in [4.69, 9.17) is 0 Å². The number of nitro groups is 1. The number of amides is 1. The van der Waals surface area contributed by atoms with Gasteiger partial charge in [-0.1, -0.05) is 6.07 Å². The first kappa shape index (κ1) is 13.1. The minimum atomic E-state index is -3.44. The van der Waals surface area contributed by atoms with Crippen molar-refractivity contribution in [2.75, 3.05) is 6.61 Å². The summed E-state index contributed by atoms with van der Waals surface area (Å²) in [6, 6.07) is 0.519. The van der Waals surface area contributed by atoms with Crippen LogP contribution in [0.2, 0.25) is 0 Å². The van der Waals surface area contributed by atoms with Crippen molar-refractivity contribution in [3.63, 3.8) is 0 Å². The summed E-state index contributed by atoms with van der Waals surface area (Å²) >= 11 is 0. The van der Waals surface area contributed by atoms with Crippen LogP contribution in [0.25, 0.3) is 0 Å². The Morgan fingerprint density at radius 1 is 1.47 bits per heavy atom. The van der Waals surface area contributed by atoms with Crippen molar-refractivity contribution >= 4 is 11.8 Å². The summed E-state index contributed by atoms with van der Waals surface area (Å²) in [6.07, 6.45) is -1.07. The van der Waals surface area contributed by atoms with Gasteiger partial charge in [0.05, 0.1) is 4.92 Å². The maximum Gasteiger partial charge on any atom is 0.408 e. The van der Waals surface area contributed by atoms with Gasteiger partial charge in [-0.2, -0.15) is 4.39 Å². The van der Waals surface area contributed by atoms with Crippen LogP contribution >= 0.6 is 0 Å². The van der Waals surface area contributed by atoms with Gasteiger partial charge in [-0.3, -0.25) is 10.1 Å². The molecule has 19 heavy (non-hydrogen) atoms. The van der Waals surface area contributed by atoms with Crippen LogP contribution in [0.4, 0.5) is 23.7 Å². The minimum absolute atomic E-state index is 0.269. The molecule has 0 saturated carbocycles. The summed E-state index contributed by atoms with van der Waals surface area (Å²) in [5.41, 5.74) is -1.20. The van der Waals surface area contributed by atoms with Crippen molar-refractivity contribution in [1.29, 1.82) is 0 Å². The highest BCUT2D eigenvalue weighted by Crippen LogP contribution is 2.36. The molecule has 1 aromatic rings. The molecule has 0 aliphatic carbocycles. The molecule has 1 aromatic carbocycles. The van der Waals surface area contributed by atoms with E-state index in [0.717, 1.165) is 6.07 Å². The Balaban J connectivity index is 2.42. The number of alkyl halides is 2. The van der Waals surface area contributed by atoms with Gasteiger partial charge in [0.15, 0.2) is 6.61 Å². The van der Waals surface area contributed by atoms with E-state index >= 15 is 0 Å². The van der Waals surface area contributed by atoms with E-state index in [1.54, 1.807) is 0 Å². The first-order valence-electron chi connectivity index (χ1n) is 5.06. The third-order valence-corrected chi connectivity index (χ3v) is 2.58. The molecular formula is C10H7F3N2O4. The Labute approximate surface area is 104 Å². The van der Waals surface area contributed by atoms with E-state index in [0.29, 0.717) is 12.1 Å². The molecular weight excluding hydrogens is 269 g/mol. The average Bonchev–Trinajstić information content (AvgIpc) is 2.33. The van der Waals surface area contributed by atoms with Crippen molar-refractivity contribution < 1.29 is 27.6 Å². The van der Waals surface area contributed by atoms with Gasteiger partial charge in [-0.25, -0.2) is 13.6 Å². The van der Waals surface area contributed by atoms with E-state index in [2.05, 4.69) is 4.74 Å². The van der Waals surface area contributed by atoms with Crippen LogP contribution in [0.1, 0.15) is 11.6 Å². The molecule has 0 radical (unpaired) electrons. The van der Waals surface area contributed by atoms with Crippen LogP contribution < -0.4 is 5.32 Å². The van der Waals surface area contributed by atoms with Crippen molar-refractivity contribution in [2.24, 2.45) is 0 Å². The summed E-state index contributed by atoms with van der Waals surface area (Å²) in [7, 11) is 0. The van der Waals surface area contributed by atoms with Crippen molar-refractivity contribution in [3.8, 4) is 0 Å². The molecule has 1 saturated heterocycles. The van der Waals surface area contributed by atoms with E-state index in [-0.39, 0.29) is 5.56 Å². The standard InChI is InChI=1S/C10H7F3N2O4/c11-6-2-1-5(3-7(6)15(17)18)8-10(12,13)4-19-9(16)14-8/h1-3,8H,4H2,(H,14,16)/t8-/m1/s1. The molecule has 1 N–H and O–H groups in total. The first-order chi connectivity index (χ1) is 8.81. The fraction of sp³-hybridized carbons (Fsp3) is 0.300. The second-order valence-electron chi connectivity index (χ2n) is 3.88. The second-order valence-corrected chi connectivity index (χ2v) is 3.88. The van der Waals surface area contributed by atoms with E-state index in [9.17, 15) is 28.1 Å². The van der Waals surface area contributed by atoms with Gasteiger partial charge in [0.25, 0.3) is 0 Å². The smallest absolute Gasteiger partial charge is 0.408 e. The zero-order valence-corrected chi connectivity index (χ0v) is 9.23. The topological polar surface area (TPSA) is 81.5 Å². The molecule has 0 unspecified atom stereocenters. The van der Waals surface area contributed by atoms with Crippen LogP contribution in [0, 0.1) is 15.9 Å². The molecule has 1 aliphatic heterocycles. The normalized spacial score (nSPS) is 21.4. The SMILES string of the molecule is O=C1N[C@H](c2ccc(F)c([N+](=O)[O-])c2)C(F)(F)CO1. The largest absolute Gasteiger partial charge is 0.443 e. The maximum absolute atomic E-state index is 13.6. The quantitative estimate of drug-likeness (QED) is 0.662. The van der Waals surface area contributed by atoms with Crippen molar-refractivity contribution in [1.82, 2.24) is 5.32 Å². The molecule has 9 heteroatoms. The summed E-state index contributed by atoms with van der Waals surface area (Å²) in [6.45, 7) is -1.14. The number of hydrogen-bond donors (Lipinski definition) is 1. The lowest BCUT2D eigenvalue weighted by atomic mass is 9.99. The first-order valence-corrected chi connectivity index (χ1v) is 5.06. The second kappa shape index (κ2) is 4.41. The lowest BCUT2D eigenvalue weighted by Gasteiger charge is -2.31. The van der Waals surface area contributed by atoms with Gasteiger partial charge in [0.1, 0.15) is 6.04 Å². The number of cyclic esters (lactones) is 1. The number of nitro benzene ring substituents is 1. The Morgan fingerprint density at radius 3 is 2.79 bits per heavy atom. The third kappa shape index (κ3) is 2.44. The van der Waals surface area contributed by atoms with E-state index in [1.165, 1.54) is 0 Å². The van der Waals surface area contributed by atoms with Crippen LogP contribution in [0.15, 0.2) is 18.2 Å². The minimum Gasteiger partial charge on any atom is -0.443 e. The zero-order valence-electron chi connectivity index (χ0n) is 9.23. The molecule has 0 bridgehead atoms. The average molecular weight is 276 g/mol. The molecule has 1 atom stereocenters. The summed E-state index contributed by atoms with van der Waals surface area (Å²) in [5.74, 6) is -4.59. The lowest BCUT2D eigenvalue weighted by molar-refractivity contribution is -0.387. The number of rotatable bonds is 2. The number of carbonyl (C=O) groups is 1. The molecule has 1 amide bonds. The molecule has 102 valence electrons. The van der Waals surface area contributed by atoms with Gasteiger partial charge in [0.2, 0.25) is 5.82 Å². The highest BCUT2D eigenvalue weighted by atomic mass is 19.3. The molecule has 0 aromatic heterocycles. The van der Waals surface area contributed by atoms with Gasteiger partial charge < -0.3 is 10.1 Å². The van der Waals surface area contributed by atoms with Gasteiger partial charge in [-0.05, 0) is 11.6 Å².